The molecule has 8 nitrogen and oxygen atoms in total. The quantitative estimate of drug-likeness (QED) is 0.255. The van der Waals surface area contributed by atoms with Gasteiger partial charge in [-0.15, -0.1) is 0 Å². The van der Waals surface area contributed by atoms with Crippen molar-refractivity contribution in [3.8, 4) is 28.6 Å². The fourth-order valence-corrected chi connectivity index (χ4v) is 3.69. The third kappa shape index (κ3) is 5.52. The van der Waals surface area contributed by atoms with E-state index in [1.54, 1.807) is 37.3 Å². The van der Waals surface area contributed by atoms with Crippen LogP contribution in [0.4, 0.5) is 0 Å². The zero-order chi connectivity index (χ0) is 24.9. The second-order valence-electron chi connectivity index (χ2n) is 7.28. The van der Waals surface area contributed by atoms with Crippen molar-refractivity contribution in [1.29, 1.82) is 0 Å². The molecular formula is C26H19BrO8. The highest BCUT2D eigenvalue weighted by molar-refractivity contribution is 9.10. The molecule has 35 heavy (non-hydrogen) atoms. The molecule has 0 saturated heterocycles. The van der Waals surface area contributed by atoms with Gasteiger partial charge in [-0.3, -0.25) is 4.79 Å². The Morgan fingerprint density at radius 2 is 1.80 bits per heavy atom. The van der Waals surface area contributed by atoms with E-state index in [1.165, 1.54) is 30.3 Å². The number of hydrogen-bond acceptors (Lipinski definition) is 8. The minimum absolute atomic E-state index is 0.00597. The normalized spacial score (nSPS) is 10.7. The van der Waals surface area contributed by atoms with Crippen LogP contribution in [0.5, 0.6) is 17.2 Å². The molecule has 4 rings (SSSR count). The number of halogens is 1. The van der Waals surface area contributed by atoms with Gasteiger partial charge in [0.15, 0.2) is 12.0 Å². The minimum Gasteiger partial charge on any atom is -0.507 e. The van der Waals surface area contributed by atoms with E-state index in [0.717, 1.165) is 0 Å². The first-order valence-corrected chi connectivity index (χ1v) is 11.3. The average molecular weight is 539 g/mol. The number of rotatable bonds is 7. The first kappa shape index (κ1) is 24.0. The molecular weight excluding hydrogens is 520 g/mol. The number of esters is 2. The Labute approximate surface area is 207 Å². The molecule has 9 heteroatoms. The highest BCUT2D eigenvalue weighted by atomic mass is 79.9. The molecule has 0 aliphatic rings. The number of hydrogen-bond donors (Lipinski definition) is 1. The van der Waals surface area contributed by atoms with Crippen LogP contribution in [-0.4, -0.2) is 30.3 Å². The Morgan fingerprint density at radius 3 is 2.54 bits per heavy atom. The zero-order valence-corrected chi connectivity index (χ0v) is 20.0. The van der Waals surface area contributed by atoms with Crippen LogP contribution in [0.3, 0.4) is 0 Å². The molecule has 0 aliphatic heterocycles. The molecule has 1 N–H and O–H groups in total. The number of carbonyl (C=O) groups excluding carboxylic acids is 2. The maximum absolute atomic E-state index is 12.6. The summed E-state index contributed by atoms with van der Waals surface area (Å²) in [6, 6.07) is 17.5. The molecule has 0 atom stereocenters. The van der Waals surface area contributed by atoms with Crippen molar-refractivity contribution in [2.24, 2.45) is 0 Å². The van der Waals surface area contributed by atoms with Crippen LogP contribution in [0.2, 0.25) is 0 Å². The molecule has 4 aromatic rings. The molecule has 0 saturated carbocycles. The van der Waals surface area contributed by atoms with Crippen LogP contribution in [0.25, 0.3) is 22.3 Å². The van der Waals surface area contributed by atoms with Crippen LogP contribution < -0.4 is 14.9 Å². The Morgan fingerprint density at radius 1 is 1.03 bits per heavy atom. The molecule has 0 radical (unpaired) electrons. The average Bonchev–Trinajstić information content (AvgIpc) is 2.84. The molecule has 0 amide bonds. The largest absolute Gasteiger partial charge is 0.507 e. The van der Waals surface area contributed by atoms with Gasteiger partial charge in [0.2, 0.25) is 0 Å². The van der Waals surface area contributed by atoms with Crippen molar-refractivity contribution in [2.45, 2.75) is 6.92 Å². The van der Waals surface area contributed by atoms with Gasteiger partial charge in [-0.1, -0.05) is 46.3 Å². The van der Waals surface area contributed by atoms with E-state index < -0.39 is 24.0 Å². The summed E-state index contributed by atoms with van der Waals surface area (Å²) in [6.07, 6.45) is 0. The fourth-order valence-electron chi connectivity index (χ4n) is 3.33. The number of phenols is 1. The van der Waals surface area contributed by atoms with E-state index in [4.69, 9.17) is 18.6 Å². The smallest absolute Gasteiger partial charge is 0.349 e. The number of phenolic OH excluding ortho intramolecular Hbond substituents is 1. The van der Waals surface area contributed by atoms with E-state index in [0.29, 0.717) is 15.8 Å². The molecule has 0 bridgehead atoms. The van der Waals surface area contributed by atoms with Crippen molar-refractivity contribution in [3.05, 3.63) is 87.0 Å². The van der Waals surface area contributed by atoms with E-state index >= 15 is 0 Å². The molecule has 0 unspecified atom stereocenters. The molecule has 178 valence electrons. The van der Waals surface area contributed by atoms with Gasteiger partial charge in [0.25, 0.3) is 0 Å². The number of ether oxygens (including phenoxy) is 3. The van der Waals surface area contributed by atoms with E-state index in [2.05, 4.69) is 15.9 Å². The molecule has 0 fully saturated rings. The van der Waals surface area contributed by atoms with Crippen molar-refractivity contribution < 1.29 is 33.3 Å². The van der Waals surface area contributed by atoms with Crippen LogP contribution in [0, 0.1) is 0 Å². The lowest BCUT2D eigenvalue weighted by Gasteiger charge is -2.11. The summed E-state index contributed by atoms with van der Waals surface area (Å²) >= 11 is 3.27. The molecule has 0 aliphatic carbocycles. The standard InChI is InChI=1S/C26H19BrO8/c1-2-32-26(31)18-10-16(27)8-9-21(18)35-24(30)14-33-17-11-19(28)25-20(29)13-22(34-23(25)12-17)15-6-4-3-5-7-15/h3-13,28H,2,14H2,1H3. The van der Waals surface area contributed by atoms with Gasteiger partial charge >= 0.3 is 11.9 Å². The van der Waals surface area contributed by atoms with Crippen molar-refractivity contribution in [2.75, 3.05) is 13.2 Å². The summed E-state index contributed by atoms with van der Waals surface area (Å²) in [7, 11) is 0. The van der Waals surface area contributed by atoms with Crippen LogP contribution in [0.15, 0.2) is 80.4 Å². The summed E-state index contributed by atoms with van der Waals surface area (Å²) in [6.45, 7) is 1.29. The lowest BCUT2D eigenvalue weighted by atomic mass is 10.1. The van der Waals surface area contributed by atoms with Crippen LogP contribution in [-0.2, 0) is 9.53 Å². The summed E-state index contributed by atoms with van der Waals surface area (Å²) in [5.74, 6) is -1.36. The predicted molar refractivity (Wildman–Crippen MR) is 131 cm³/mol. The van der Waals surface area contributed by atoms with E-state index in [-0.39, 0.29) is 40.4 Å². The zero-order valence-electron chi connectivity index (χ0n) is 18.4. The summed E-state index contributed by atoms with van der Waals surface area (Å²) in [5.41, 5.74) is 0.438. The Bertz CT molecular complexity index is 1460. The molecule has 1 aromatic heterocycles. The summed E-state index contributed by atoms with van der Waals surface area (Å²) in [5, 5.41) is 10.4. The summed E-state index contributed by atoms with van der Waals surface area (Å²) in [4.78, 5) is 37.1. The molecule has 0 spiro atoms. The fraction of sp³-hybridized carbons (Fsp3) is 0.115. The lowest BCUT2D eigenvalue weighted by Crippen LogP contribution is -2.19. The van der Waals surface area contributed by atoms with E-state index in [1.807, 2.05) is 6.07 Å². The predicted octanol–water partition coefficient (Wildman–Crippen LogP) is 5.09. The van der Waals surface area contributed by atoms with Gasteiger partial charge < -0.3 is 23.7 Å². The third-order valence-electron chi connectivity index (χ3n) is 4.86. The van der Waals surface area contributed by atoms with Gasteiger partial charge in [-0.2, -0.15) is 0 Å². The second-order valence-corrected chi connectivity index (χ2v) is 8.20. The van der Waals surface area contributed by atoms with Crippen molar-refractivity contribution >= 4 is 38.8 Å². The maximum Gasteiger partial charge on any atom is 0.349 e. The first-order chi connectivity index (χ1) is 16.9. The topological polar surface area (TPSA) is 112 Å². The first-order valence-electron chi connectivity index (χ1n) is 10.5. The van der Waals surface area contributed by atoms with Crippen molar-refractivity contribution in [3.63, 3.8) is 0 Å². The molecule has 3 aromatic carbocycles. The van der Waals surface area contributed by atoms with Gasteiger partial charge in [-0.05, 0) is 25.1 Å². The number of carbonyl (C=O) groups is 2. The lowest BCUT2D eigenvalue weighted by molar-refractivity contribution is -0.136. The number of fused-ring (bicyclic) bond motifs is 1. The Balaban J connectivity index is 1.54. The number of aromatic hydroxyl groups is 1. The highest BCUT2D eigenvalue weighted by Gasteiger charge is 2.18. The maximum atomic E-state index is 12.6. The second kappa shape index (κ2) is 10.4. The Hall–Kier alpha value is -4.11. The molecule has 1 heterocycles. The number of benzene rings is 3. The van der Waals surface area contributed by atoms with Gasteiger partial charge in [0.05, 0.1) is 6.61 Å². The Kier molecular flexibility index (Phi) is 7.17. The monoisotopic (exact) mass is 538 g/mol. The summed E-state index contributed by atoms with van der Waals surface area (Å²) < 4.78 is 22.2. The van der Waals surface area contributed by atoms with Crippen molar-refractivity contribution in [1.82, 2.24) is 0 Å². The van der Waals surface area contributed by atoms with Crippen LogP contribution in [0.1, 0.15) is 17.3 Å². The third-order valence-corrected chi connectivity index (χ3v) is 5.35. The van der Waals surface area contributed by atoms with Gasteiger partial charge in [0.1, 0.15) is 39.5 Å². The highest BCUT2D eigenvalue weighted by Crippen LogP contribution is 2.31. The minimum atomic E-state index is -0.794. The van der Waals surface area contributed by atoms with E-state index in [9.17, 15) is 19.5 Å². The van der Waals surface area contributed by atoms with Crippen LogP contribution >= 0.6 is 15.9 Å². The van der Waals surface area contributed by atoms with Gasteiger partial charge in [-0.25, -0.2) is 9.59 Å². The van der Waals surface area contributed by atoms with Gasteiger partial charge in [0, 0.05) is 28.2 Å². The SMILES string of the molecule is CCOC(=O)c1cc(Br)ccc1OC(=O)COc1cc(O)c2c(=O)cc(-c3ccccc3)oc2c1.